The first-order valence-corrected chi connectivity index (χ1v) is 12.5. The zero-order chi connectivity index (χ0) is 21.8. The van der Waals surface area contributed by atoms with Crippen molar-refractivity contribution in [2.75, 3.05) is 7.11 Å². The quantitative estimate of drug-likeness (QED) is 0.234. The van der Waals surface area contributed by atoms with Crippen molar-refractivity contribution < 1.29 is 9.53 Å². The Bertz CT molecular complexity index is 1150. The summed E-state index contributed by atoms with van der Waals surface area (Å²) in [5, 5.41) is 9.23. The van der Waals surface area contributed by atoms with Crippen LogP contribution >= 0.6 is 34.9 Å². The van der Waals surface area contributed by atoms with Gasteiger partial charge in [-0.3, -0.25) is 4.79 Å². The molecule has 1 unspecified atom stereocenters. The van der Waals surface area contributed by atoms with E-state index in [9.17, 15) is 4.79 Å². The molecule has 4 rings (SSSR count). The molecule has 0 radical (unpaired) electrons. The Kier molecular flexibility index (Phi) is 6.94. The predicted molar refractivity (Wildman–Crippen MR) is 128 cm³/mol. The van der Waals surface area contributed by atoms with E-state index in [2.05, 4.69) is 32.7 Å². The van der Waals surface area contributed by atoms with E-state index in [1.54, 1.807) is 54.5 Å². The molecule has 0 aliphatic rings. The van der Waals surface area contributed by atoms with Crippen LogP contribution in [0, 0.1) is 0 Å². The van der Waals surface area contributed by atoms with Crippen molar-refractivity contribution in [3.63, 3.8) is 0 Å². The summed E-state index contributed by atoms with van der Waals surface area (Å²) in [5.41, 5.74) is 1.68. The number of hydrogen-bond donors (Lipinski definition) is 0. The lowest BCUT2D eigenvalue weighted by Crippen LogP contribution is -2.15. The van der Waals surface area contributed by atoms with Gasteiger partial charge in [0.25, 0.3) is 0 Å². The van der Waals surface area contributed by atoms with Crippen LogP contribution in [-0.2, 0) is 12.3 Å². The van der Waals surface area contributed by atoms with Crippen molar-refractivity contribution in [1.82, 2.24) is 19.7 Å². The fourth-order valence-electron chi connectivity index (χ4n) is 3.07. The van der Waals surface area contributed by atoms with Gasteiger partial charge >= 0.3 is 0 Å². The van der Waals surface area contributed by atoms with Crippen molar-refractivity contribution >= 4 is 50.9 Å². The molecule has 0 saturated carbocycles. The van der Waals surface area contributed by atoms with Gasteiger partial charge in [0.2, 0.25) is 0 Å². The van der Waals surface area contributed by atoms with E-state index >= 15 is 0 Å². The topological polar surface area (TPSA) is 69.9 Å². The third-order valence-electron chi connectivity index (χ3n) is 4.73. The van der Waals surface area contributed by atoms with Gasteiger partial charge in [-0.05, 0) is 50.2 Å². The highest BCUT2D eigenvalue weighted by Crippen LogP contribution is 2.32. The number of aromatic nitrogens is 4. The van der Waals surface area contributed by atoms with Crippen molar-refractivity contribution in [1.29, 1.82) is 0 Å². The molecule has 0 bridgehead atoms. The SMILES string of the molecule is CCn1c(CSc2nc3ccccc3s2)nnc1SC(C)C(=O)c1ccc(OC)cc1. The van der Waals surface area contributed by atoms with Crippen LogP contribution in [0.5, 0.6) is 5.75 Å². The molecule has 9 heteroatoms. The maximum absolute atomic E-state index is 12.8. The molecule has 2 aromatic carbocycles. The number of carbonyl (C=O) groups excluding carboxylic acids is 1. The fourth-order valence-corrected chi connectivity index (χ4v) is 6.09. The second-order valence-corrected chi connectivity index (χ2v) is 10.3. The molecular weight excluding hydrogens is 448 g/mol. The molecule has 0 fully saturated rings. The van der Waals surface area contributed by atoms with E-state index in [-0.39, 0.29) is 11.0 Å². The average molecular weight is 471 g/mol. The smallest absolute Gasteiger partial charge is 0.191 e. The van der Waals surface area contributed by atoms with Gasteiger partial charge < -0.3 is 9.30 Å². The molecule has 0 spiro atoms. The lowest BCUT2D eigenvalue weighted by atomic mass is 10.1. The minimum Gasteiger partial charge on any atom is -0.497 e. The molecule has 0 saturated heterocycles. The molecule has 0 N–H and O–H groups in total. The van der Waals surface area contributed by atoms with E-state index in [4.69, 9.17) is 4.74 Å². The number of benzene rings is 2. The highest BCUT2D eigenvalue weighted by atomic mass is 32.2. The molecule has 31 heavy (non-hydrogen) atoms. The van der Waals surface area contributed by atoms with E-state index in [0.717, 1.165) is 33.1 Å². The summed E-state index contributed by atoms with van der Waals surface area (Å²) in [6.07, 6.45) is 0. The second kappa shape index (κ2) is 9.84. The van der Waals surface area contributed by atoms with Crippen LogP contribution < -0.4 is 4.74 Å². The minimum atomic E-state index is -0.271. The van der Waals surface area contributed by atoms with Crippen LogP contribution in [0.2, 0.25) is 0 Å². The molecular formula is C22H22N4O2S3. The summed E-state index contributed by atoms with van der Waals surface area (Å²) >= 11 is 4.79. The molecule has 1 atom stereocenters. The van der Waals surface area contributed by atoms with E-state index in [0.29, 0.717) is 11.3 Å². The predicted octanol–water partition coefficient (Wildman–Crippen LogP) is 5.57. The van der Waals surface area contributed by atoms with Crippen LogP contribution in [0.15, 0.2) is 58.0 Å². The van der Waals surface area contributed by atoms with E-state index in [1.807, 2.05) is 25.1 Å². The zero-order valence-corrected chi connectivity index (χ0v) is 19.9. The van der Waals surface area contributed by atoms with Crippen LogP contribution in [-0.4, -0.2) is 37.9 Å². The van der Waals surface area contributed by atoms with Gasteiger partial charge in [0.05, 0.1) is 28.3 Å². The fraction of sp³-hybridized carbons (Fsp3) is 0.273. The lowest BCUT2D eigenvalue weighted by Gasteiger charge is -2.12. The highest BCUT2D eigenvalue weighted by molar-refractivity contribution is 8.00. The Morgan fingerprint density at radius 2 is 1.94 bits per heavy atom. The standard InChI is InChI=1S/C22H22N4O2S3/c1-4-26-19(13-29-22-23-17-7-5-6-8-18(17)31-22)24-25-21(26)30-14(2)20(27)15-9-11-16(28-3)12-10-15/h5-12,14H,4,13H2,1-3H3. The number of rotatable bonds is 9. The van der Waals surface area contributed by atoms with Gasteiger partial charge in [-0.25, -0.2) is 4.98 Å². The van der Waals surface area contributed by atoms with E-state index < -0.39 is 0 Å². The lowest BCUT2D eigenvalue weighted by molar-refractivity contribution is 0.0994. The summed E-state index contributed by atoms with van der Waals surface area (Å²) < 4.78 is 9.44. The molecule has 6 nitrogen and oxygen atoms in total. The Morgan fingerprint density at radius 3 is 2.65 bits per heavy atom. The minimum absolute atomic E-state index is 0.0590. The summed E-state index contributed by atoms with van der Waals surface area (Å²) in [5.74, 6) is 2.36. The second-order valence-electron chi connectivity index (χ2n) is 6.73. The molecule has 0 amide bonds. The third kappa shape index (κ3) is 4.94. The first-order chi connectivity index (χ1) is 15.1. The number of thiazole rings is 1. The number of thioether (sulfide) groups is 2. The van der Waals surface area contributed by atoms with Gasteiger partial charge in [0.15, 0.2) is 15.3 Å². The number of hydrogen-bond acceptors (Lipinski definition) is 8. The summed E-state index contributed by atoms with van der Waals surface area (Å²) in [6, 6.07) is 15.3. The van der Waals surface area contributed by atoms with Crippen molar-refractivity contribution in [3.05, 3.63) is 59.9 Å². The maximum atomic E-state index is 12.8. The average Bonchev–Trinajstić information content (AvgIpc) is 3.40. The van der Waals surface area contributed by atoms with Crippen LogP contribution in [0.4, 0.5) is 0 Å². The van der Waals surface area contributed by atoms with Gasteiger partial charge in [-0.1, -0.05) is 35.7 Å². The van der Waals surface area contributed by atoms with Crippen LogP contribution in [0.1, 0.15) is 30.0 Å². The Morgan fingerprint density at radius 1 is 1.16 bits per heavy atom. The number of nitrogens with zero attached hydrogens (tertiary/aromatic N) is 4. The molecule has 2 aromatic heterocycles. The van der Waals surface area contributed by atoms with Gasteiger partial charge in [0.1, 0.15) is 11.6 Å². The summed E-state index contributed by atoms with van der Waals surface area (Å²) in [4.78, 5) is 17.5. The summed E-state index contributed by atoms with van der Waals surface area (Å²) in [7, 11) is 1.61. The molecule has 4 aromatic rings. The van der Waals surface area contributed by atoms with Gasteiger partial charge in [-0.15, -0.1) is 21.5 Å². The molecule has 160 valence electrons. The first-order valence-electron chi connectivity index (χ1n) is 9.84. The van der Waals surface area contributed by atoms with Gasteiger partial charge in [-0.2, -0.15) is 0 Å². The van der Waals surface area contributed by atoms with Gasteiger partial charge in [0, 0.05) is 12.1 Å². The number of ether oxygens (including phenoxy) is 1. The third-order valence-corrected chi connectivity index (χ3v) is 7.99. The Labute approximate surface area is 193 Å². The Balaban J connectivity index is 1.43. The monoisotopic (exact) mass is 470 g/mol. The largest absolute Gasteiger partial charge is 0.497 e. The summed E-state index contributed by atoms with van der Waals surface area (Å²) in [6.45, 7) is 4.71. The van der Waals surface area contributed by atoms with E-state index in [1.165, 1.54) is 16.5 Å². The molecule has 2 heterocycles. The number of para-hydroxylation sites is 1. The highest BCUT2D eigenvalue weighted by Gasteiger charge is 2.21. The number of ketones is 1. The number of carbonyl (C=O) groups is 1. The first kappa shape index (κ1) is 21.9. The van der Waals surface area contributed by atoms with Crippen molar-refractivity contribution in [2.24, 2.45) is 0 Å². The normalized spacial score (nSPS) is 12.2. The number of methoxy groups -OCH3 is 1. The Hall–Kier alpha value is -2.36. The van der Waals surface area contributed by atoms with Crippen LogP contribution in [0.25, 0.3) is 10.2 Å². The van der Waals surface area contributed by atoms with Crippen molar-refractivity contribution in [3.8, 4) is 5.75 Å². The van der Waals surface area contributed by atoms with Crippen molar-refractivity contribution in [2.45, 2.75) is 40.9 Å². The molecule has 0 aliphatic carbocycles. The number of Topliss-reactive ketones (excluding diaryl/α,β-unsaturated/α-hetero) is 1. The zero-order valence-electron chi connectivity index (χ0n) is 17.4. The number of fused-ring (bicyclic) bond motifs is 1. The van der Waals surface area contributed by atoms with Crippen LogP contribution in [0.3, 0.4) is 0 Å². The molecule has 0 aliphatic heterocycles. The maximum Gasteiger partial charge on any atom is 0.191 e.